The van der Waals surface area contributed by atoms with Crippen LogP contribution in [0.25, 0.3) is 0 Å². The Bertz CT molecular complexity index is 259. The van der Waals surface area contributed by atoms with Crippen LogP contribution in [0.3, 0.4) is 0 Å². The number of nitrogens with two attached hydrogens (primary N) is 1. The van der Waals surface area contributed by atoms with E-state index in [4.69, 9.17) is 10.5 Å². The molecule has 1 aliphatic heterocycles. The predicted octanol–water partition coefficient (Wildman–Crippen LogP) is 1.68. The molecule has 0 radical (unpaired) electrons. The number of nitrogens with one attached hydrogen (secondary N) is 1. The van der Waals surface area contributed by atoms with E-state index in [1.165, 1.54) is 0 Å². The van der Waals surface area contributed by atoms with Crippen molar-refractivity contribution in [2.75, 3.05) is 19.8 Å². The zero-order valence-electron chi connectivity index (χ0n) is 12.0. The fourth-order valence-electron chi connectivity index (χ4n) is 2.40. The van der Waals surface area contributed by atoms with Gasteiger partial charge in [-0.25, -0.2) is 0 Å². The van der Waals surface area contributed by atoms with E-state index in [1.54, 1.807) is 0 Å². The van der Waals surface area contributed by atoms with E-state index in [0.29, 0.717) is 12.3 Å². The van der Waals surface area contributed by atoms with Crippen LogP contribution >= 0.6 is 0 Å². The molecule has 1 atom stereocenters. The number of amides is 1. The Kier molecular flexibility index (Phi) is 6.09. The molecule has 1 unspecified atom stereocenters. The molecule has 106 valence electrons. The van der Waals surface area contributed by atoms with Crippen LogP contribution in [0.1, 0.15) is 46.5 Å². The minimum absolute atomic E-state index is 0.0965. The third kappa shape index (κ3) is 5.36. The van der Waals surface area contributed by atoms with Crippen molar-refractivity contribution in [1.82, 2.24) is 5.32 Å². The third-order valence-electron chi connectivity index (χ3n) is 3.89. The van der Waals surface area contributed by atoms with Crippen molar-refractivity contribution in [3.8, 4) is 0 Å². The normalized spacial score (nSPS) is 19.6. The van der Waals surface area contributed by atoms with Crippen LogP contribution in [-0.2, 0) is 9.53 Å². The van der Waals surface area contributed by atoms with Crippen molar-refractivity contribution in [3.05, 3.63) is 0 Å². The van der Waals surface area contributed by atoms with Crippen LogP contribution in [-0.4, -0.2) is 31.7 Å². The summed E-state index contributed by atoms with van der Waals surface area (Å²) in [5.41, 5.74) is 5.79. The van der Waals surface area contributed by atoms with Crippen molar-refractivity contribution in [2.45, 2.75) is 52.5 Å². The van der Waals surface area contributed by atoms with E-state index in [9.17, 15) is 4.79 Å². The summed E-state index contributed by atoms with van der Waals surface area (Å²) in [6.45, 7) is 8.85. The lowest BCUT2D eigenvalue weighted by Crippen LogP contribution is -2.40. The molecule has 1 aliphatic rings. The Morgan fingerprint density at radius 3 is 2.61 bits per heavy atom. The summed E-state index contributed by atoms with van der Waals surface area (Å²) in [6, 6.07) is 0.0965. The van der Waals surface area contributed by atoms with Crippen molar-refractivity contribution >= 4 is 5.91 Å². The van der Waals surface area contributed by atoms with E-state index in [2.05, 4.69) is 19.2 Å². The van der Waals surface area contributed by atoms with Crippen molar-refractivity contribution in [3.63, 3.8) is 0 Å². The van der Waals surface area contributed by atoms with Crippen molar-refractivity contribution in [2.24, 2.45) is 17.1 Å². The van der Waals surface area contributed by atoms with Gasteiger partial charge in [0.05, 0.1) is 0 Å². The molecule has 18 heavy (non-hydrogen) atoms. The monoisotopic (exact) mass is 256 g/mol. The molecule has 0 aliphatic carbocycles. The van der Waals surface area contributed by atoms with Gasteiger partial charge in [0.15, 0.2) is 0 Å². The van der Waals surface area contributed by atoms with Gasteiger partial charge in [0.25, 0.3) is 0 Å². The highest BCUT2D eigenvalue weighted by atomic mass is 16.5. The molecule has 1 heterocycles. The smallest absolute Gasteiger partial charge is 0.220 e. The van der Waals surface area contributed by atoms with Gasteiger partial charge >= 0.3 is 0 Å². The average molecular weight is 256 g/mol. The van der Waals surface area contributed by atoms with E-state index in [-0.39, 0.29) is 17.4 Å². The summed E-state index contributed by atoms with van der Waals surface area (Å²) < 4.78 is 5.38. The number of hydrogen-bond acceptors (Lipinski definition) is 3. The SMILES string of the molecule is CC(N)CCC(=O)NCC(C)(C)C1CCOCC1. The number of carbonyl (C=O) groups is 1. The molecule has 4 nitrogen and oxygen atoms in total. The molecule has 0 aromatic heterocycles. The van der Waals surface area contributed by atoms with Crippen LogP contribution in [0.15, 0.2) is 0 Å². The Morgan fingerprint density at radius 1 is 1.44 bits per heavy atom. The zero-order chi connectivity index (χ0) is 13.6. The lowest BCUT2D eigenvalue weighted by atomic mass is 9.74. The number of hydrogen-bond donors (Lipinski definition) is 2. The van der Waals surface area contributed by atoms with Gasteiger partial charge in [0, 0.05) is 32.2 Å². The van der Waals surface area contributed by atoms with E-state index >= 15 is 0 Å². The molecule has 1 rings (SSSR count). The Balaban J connectivity index is 2.29. The van der Waals surface area contributed by atoms with Gasteiger partial charge in [0.2, 0.25) is 5.91 Å². The maximum absolute atomic E-state index is 11.7. The quantitative estimate of drug-likeness (QED) is 0.760. The Hall–Kier alpha value is -0.610. The molecule has 0 saturated carbocycles. The van der Waals surface area contributed by atoms with Crippen LogP contribution in [0.4, 0.5) is 0 Å². The fraction of sp³-hybridized carbons (Fsp3) is 0.929. The number of carbonyl (C=O) groups excluding carboxylic acids is 1. The number of rotatable bonds is 6. The summed E-state index contributed by atoms with van der Waals surface area (Å²) in [5.74, 6) is 0.757. The predicted molar refractivity (Wildman–Crippen MR) is 73.2 cm³/mol. The highest BCUT2D eigenvalue weighted by molar-refractivity contribution is 5.75. The van der Waals surface area contributed by atoms with Crippen LogP contribution < -0.4 is 11.1 Å². The first-order valence-electron chi connectivity index (χ1n) is 7.02. The molecule has 4 heteroatoms. The lowest BCUT2D eigenvalue weighted by Gasteiger charge is -2.37. The highest BCUT2D eigenvalue weighted by Gasteiger charge is 2.31. The van der Waals surface area contributed by atoms with Gasteiger partial charge in [0.1, 0.15) is 0 Å². The minimum Gasteiger partial charge on any atom is -0.381 e. The van der Waals surface area contributed by atoms with Crippen LogP contribution in [0, 0.1) is 11.3 Å². The van der Waals surface area contributed by atoms with Gasteiger partial charge in [-0.1, -0.05) is 13.8 Å². The third-order valence-corrected chi connectivity index (χ3v) is 3.89. The van der Waals surface area contributed by atoms with E-state index in [1.807, 2.05) is 6.92 Å². The molecule has 0 aromatic rings. The molecular weight excluding hydrogens is 228 g/mol. The molecule has 1 amide bonds. The minimum atomic E-state index is 0.0965. The molecule has 0 spiro atoms. The topological polar surface area (TPSA) is 64.4 Å². The molecule has 0 aromatic carbocycles. The fourth-order valence-corrected chi connectivity index (χ4v) is 2.40. The van der Waals surface area contributed by atoms with Crippen molar-refractivity contribution in [1.29, 1.82) is 0 Å². The van der Waals surface area contributed by atoms with E-state index in [0.717, 1.165) is 39.0 Å². The first-order chi connectivity index (χ1) is 8.42. The number of ether oxygens (including phenoxy) is 1. The van der Waals surface area contributed by atoms with Gasteiger partial charge in [-0.15, -0.1) is 0 Å². The summed E-state index contributed by atoms with van der Waals surface area (Å²) in [5, 5.41) is 3.04. The first kappa shape index (κ1) is 15.4. The average Bonchev–Trinajstić information content (AvgIpc) is 2.35. The molecular formula is C14H28N2O2. The van der Waals surface area contributed by atoms with Crippen molar-refractivity contribution < 1.29 is 9.53 Å². The molecule has 0 bridgehead atoms. The maximum atomic E-state index is 11.7. The lowest BCUT2D eigenvalue weighted by molar-refractivity contribution is -0.122. The Labute approximate surface area is 111 Å². The Morgan fingerprint density at radius 2 is 2.06 bits per heavy atom. The van der Waals surface area contributed by atoms with Crippen LogP contribution in [0.2, 0.25) is 0 Å². The second-order valence-corrected chi connectivity index (χ2v) is 6.17. The summed E-state index contributed by atoms with van der Waals surface area (Å²) in [6.07, 6.45) is 3.48. The highest BCUT2D eigenvalue weighted by Crippen LogP contribution is 2.33. The van der Waals surface area contributed by atoms with Gasteiger partial charge in [-0.05, 0) is 37.5 Å². The van der Waals surface area contributed by atoms with Gasteiger partial charge in [-0.3, -0.25) is 4.79 Å². The van der Waals surface area contributed by atoms with Crippen LogP contribution in [0.5, 0.6) is 0 Å². The second kappa shape index (κ2) is 7.10. The zero-order valence-corrected chi connectivity index (χ0v) is 12.0. The van der Waals surface area contributed by atoms with Gasteiger partial charge < -0.3 is 15.8 Å². The molecule has 1 fully saturated rings. The summed E-state index contributed by atoms with van der Waals surface area (Å²) >= 11 is 0. The molecule has 1 saturated heterocycles. The van der Waals surface area contributed by atoms with E-state index < -0.39 is 0 Å². The van der Waals surface area contributed by atoms with Gasteiger partial charge in [-0.2, -0.15) is 0 Å². The summed E-state index contributed by atoms with van der Waals surface area (Å²) in [4.78, 5) is 11.7. The summed E-state index contributed by atoms with van der Waals surface area (Å²) in [7, 11) is 0. The maximum Gasteiger partial charge on any atom is 0.220 e. The standard InChI is InChI=1S/C14H28N2O2/c1-11(15)4-5-13(17)16-10-14(2,3)12-6-8-18-9-7-12/h11-12H,4-10,15H2,1-3H3,(H,16,17). The largest absolute Gasteiger partial charge is 0.381 e. The second-order valence-electron chi connectivity index (χ2n) is 6.17. The first-order valence-corrected chi connectivity index (χ1v) is 7.02. The molecule has 3 N–H and O–H groups in total.